The predicted molar refractivity (Wildman–Crippen MR) is 137 cm³/mol. The molecule has 1 fully saturated rings. The van der Waals surface area contributed by atoms with E-state index in [1.54, 1.807) is 0 Å². The van der Waals surface area contributed by atoms with Gasteiger partial charge in [-0.25, -0.2) is 4.99 Å². The number of nitrogens with one attached hydrogen (secondary N) is 2. The van der Waals surface area contributed by atoms with Gasteiger partial charge in [0, 0.05) is 38.4 Å². The first-order valence-corrected chi connectivity index (χ1v) is 10.9. The standard InChI is InChI=1S/C22H29Cl2N5.HI/c1-3-25-22(27-14-21-16(2)5-4-10-26-21)28-18-8-11-29(12-9-18)15-17-6-7-19(23)20(24)13-17;/h4-7,10,13,18H,3,8-9,11-12,14-15H2,1-2H3,(H2,25,27,28);1H. The van der Waals surface area contributed by atoms with Crippen LogP contribution in [0.15, 0.2) is 41.5 Å². The fraction of sp³-hybridized carbons (Fsp3) is 0.455. The molecule has 30 heavy (non-hydrogen) atoms. The van der Waals surface area contributed by atoms with Crippen LogP contribution in [0, 0.1) is 6.92 Å². The molecule has 8 heteroatoms. The van der Waals surface area contributed by atoms with Crippen LogP contribution in [0.5, 0.6) is 0 Å². The molecule has 2 heterocycles. The van der Waals surface area contributed by atoms with E-state index in [9.17, 15) is 0 Å². The van der Waals surface area contributed by atoms with Crippen molar-refractivity contribution in [1.82, 2.24) is 20.5 Å². The highest BCUT2D eigenvalue weighted by atomic mass is 127. The lowest BCUT2D eigenvalue weighted by molar-refractivity contribution is 0.198. The van der Waals surface area contributed by atoms with Gasteiger partial charge < -0.3 is 10.6 Å². The van der Waals surface area contributed by atoms with E-state index in [0.717, 1.165) is 50.7 Å². The van der Waals surface area contributed by atoms with Crippen LogP contribution < -0.4 is 10.6 Å². The molecule has 2 N–H and O–H groups in total. The maximum absolute atomic E-state index is 6.14. The minimum atomic E-state index is 0. The first kappa shape index (κ1) is 25.2. The topological polar surface area (TPSA) is 52.6 Å². The molecule has 0 amide bonds. The third kappa shape index (κ3) is 7.55. The van der Waals surface area contributed by atoms with E-state index in [2.05, 4.69) is 40.4 Å². The van der Waals surface area contributed by atoms with Crippen LogP contribution in [0.2, 0.25) is 10.0 Å². The lowest BCUT2D eigenvalue weighted by Crippen LogP contribution is -2.48. The molecule has 0 bridgehead atoms. The zero-order chi connectivity index (χ0) is 20.6. The van der Waals surface area contributed by atoms with Gasteiger partial charge in [0.1, 0.15) is 0 Å². The highest BCUT2D eigenvalue weighted by Crippen LogP contribution is 2.24. The van der Waals surface area contributed by atoms with Crippen molar-refractivity contribution in [3.63, 3.8) is 0 Å². The van der Waals surface area contributed by atoms with E-state index in [1.807, 2.05) is 30.5 Å². The van der Waals surface area contributed by atoms with Gasteiger partial charge in [-0.15, -0.1) is 24.0 Å². The summed E-state index contributed by atoms with van der Waals surface area (Å²) in [6.45, 7) is 8.55. The smallest absolute Gasteiger partial charge is 0.191 e. The number of hydrogen-bond donors (Lipinski definition) is 2. The Morgan fingerprint density at radius 2 is 1.97 bits per heavy atom. The van der Waals surface area contributed by atoms with Crippen molar-refractivity contribution in [2.75, 3.05) is 19.6 Å². The molecule has 0 unspecified atom stereocenters. The van der Waals surface area contributed by atoms with E-state index in [0.29, 0.717) is 22.6 Å². The zero-order valence-electron chi connectivity index (χ0n) is 17.5. The Bertz CT molecular complexity index is 838. The Kier molecular flexibility index (Phi) is 10.6. The van der Waals surface area contributed by atoms with Gasteiger partial charge in [-0.2, -0.15) is 0 Å². The van der Waals surface area contributed by atoms with Gasteiger partial charge in [0.15, 0.2) is 5.96 Å². The second kappa shape index (κ2) is 12.7. The Morgan fingerprint density at radius 3 is 2.63 bits per heavy atom. The van der Waals surface area contributed by atoms with Crippen LogP contribution in [-0.4, -0.2) is 41.5 Å². The molecule has 1 aliphatic heterocycles. The predicted octanol–water partition coefficient (Wildman–Crippen LogP) is 5.03. The molecule has 1 aliphatic rings. The molecule has 0 atom stereocenters. The summed E-state index contributed by atoms with van der Waals surface area (Å²) in [7, 11) is 0. The average molecular weight is 562 g/mol. The molecule has 0 saturated carbocycles. The van der Waals surface area contributed by atoms with E-state index < -0.39 is 0 Å². The number of nitrogens with zero attached hydrogens (tertiary/aromatic N) is 3. The van der Waals surface area contributed by atoms with Crippen molar-refractivity contribution in [2.45, 2.75) is 45.8 Å². The van der Waals surface area contributed by atoms with Crippen molar-refractivity contribution in [3.05, 3.63) is 63.4 Å². The first-order chi connectivity index (χ1) is 14.0. The number of likely N-dealkylation sites (tertiary alicyclic amines) is 1. The second-order valence-corrected chi connectivity index (χ2v) is 8.22. The fourth-order valence-electron chi connectivity index (χ4n) is 3.48. The lowest BCUT2D eigenvalue weighted by Gasteiger charge is -2.33. The number of guanidine groups is 1. The van der Waals surface area contributed by atoms with Crippen molar-refractivity contribution in [2.24, 2.45) is 4.99 Å². The minimum Gasteiger partial charge on any atom is -0.357 e. The normalized spacial score (nSPS) is 15.5. The largest absolute Gasteiger partial charge is 0.357 e. The molecule has 0 spiro atoms. The molecular weight excluding hydrogens is 532 g/mol. The number of piperidine rings is 1. The number of aryl methyl sites for hydroxylation is 1. The number of pyridine rings is 1. The molecule has 1 aromatic heterocycles. The van der Waals surface area contributed by atoms with Crippen molar-refractivity contribution >= 4 is 53.1 Å². The molecule has 1 aromatic carbocycles. The van der Waals surface area contributed by atoms with Gasteiger partial charge in [-0.05, 0) is 56.0 Å². The number of hydrogen-bond acceptors (Lipinski definition) is 3. The highest BCUT2D eigenvalue weighted by molar-refractivity contribution is 14.0. The van der Waals surface area contributed by atoms with Gasteiger partial charge in [0.05, 0.1) is 22.3 Å². The molecular formula is C22H30Cl2IN5. The second-order valence-electron chi connectivity index (χ2n) is 7.41. The monoisotopic (exact) mass is 561 g/mol. The molecule has 3 rings (SSSR count). The Hall–Kier alpha value is -1.09. The molecule has 1 saturated heterocycles. The van der Waals surface area contributed by atoms with Crippen molar-refractivity contribution < 1.29 is 0 Å². The quantitative estimate of drug-likeness (QED) is 0.295. The summed E-state index contributed by atoms with van der Waals surface area (Å²) in [5, 5.41) is 8.17. The summed E-state index contributed by atoms with van der Waals surface area (Å²) in [6, 6.07) is 10.3. The van der Waals surface area contributed by atoms with Gasteiger partial charge in [-0.3, -0.25) is 9.88 Å². The van der Waals surface area contributed by atoms with E-state index in [1.165, 1.54) is 11.1 Å². The molecule has 0 radical (unpaired) electrons. The van der Waals surface area contributed by atoms with Crippen LogP contribution in [0.4, 0.5) is 0 Å². The summed E-state index contributed by atoms with van der Waals surface area (Å²) in [5.74, 6) is 0.862. The average Bonchev–Trinajstić information content (AvgIpc) is 2.71. The van der Waals surface area contributed by atoms with Crippen molar-refractivity contribution in [3.8, 4) is 0 Å². The maximum Gasteiger partial charge on any atom is 0.191 e. The SMILES string of the molecule is CCNC(=NCc1ncccc1C)NC1CCN(Cc2ccc(Cl)c(Cl)c2)CC1.I. The number of benzene rings is 1. The van der Waals surface area contributed by atoms with Crippen LogP contribution >= 0.6 is 47.2 Å². The third-order valence-corrected chi connectivity index (χ3v) is 5.91. The summed E-state index contributed by atoms with van der Waals surface area (Å²) < 4.78 is 0. The third-order valence-electron chi connectivity index (χ3n) is 5.17. The van der Waals surface area contributed by atoms with Gasteiger partial charge in [0.25, 0.3) is 0 Å². The maximum atomic E-state index is 6.14. The van der Waals surface area contributed by atoms with E-state index >= 15 is 0 Å². The van der Waals surface area contributed by atoms with E-state index in [-0.39, 0.29) is 24.0 Å². The lowest BCUT2D eigenvalue weighted by atomic mass is 10.0. The summed E-state index contributed by atoms with van der Waals surface area (Å²) in [4.78, 5) is 11.6. The van der Waals surface area contributed by atoms with Gasteiger partial charge in [-0.1, -0.05) is 35.3 Å². The Labute approximate surface area is 206 Å². The summed E-state index contributed by atoms with van der Waals surface area (Å²) in [6.07, 6.45) is 3.98. The summed E-state index contributed by atoms with van der Waals surface area (Å²) in [5.41, 5.74) is 3.38. The number of halogens is 3. The van der Waals surface area contributed by atoms with Gasteiger partial charge in [0.2, 0.25) is 0 Å². The number of aliphatic imine (C=N–C) groups is 1. The molecule has 164 valence electrons. The fourth-order valence-corrected chi connectivity index (χ4v) is 3.80. The molecule has 5 nitrogen and oxygen atoms in total. The van der Waals surface area contributed by atoms with Crippen LogP contribution in [0.3, 0.4) is 0 Å². The van der Waals surface area contributed by atoms with E-state index in [4.69, 9.17) is 28.2 Å². The Balaban J connectivity index is 0.00000320. The zero-order valence-corrected chi connectivity index (χ0v) is 21.3. The Morgan fingerprint density at radius 1 is 1.20 bits per heavy atom. The highest BCUT2D eigenvalue weighted by Gasteiger charge is 2.20. The van der Waals surface area contributed by atoms with Crippen molar-refractivity contribution in [1.29, 1.82) is 0 Å². The summed E-state index contributed by atoms with van der Waals surface area (Å²) >= 11 is 12.2. The van der Waals surface area contributed by atoms with Gasteiger partial charge >= 0.3 is 0 Å². The first-order valence-electron chi connectivity index (χ1n) is 10.2. The number of aromatic nitrogens is 1. The van der Waals surface area contributed by atoms with Crippen LogP contribution in [0.1, 0.15) is 36.6 Å². The van der Waals surface area contributed by atoms with Crippen LogP contribution in [0.25, 0.3) is 0 Å². The minimum absolute atomic E-state index is 0. The van der Waals surface area contributed by atoms with Crippen LogP contribution in [-0.2, 0) is 13.1 Å². The molecule has 2 aromatic rings. The number of rotatable bonds is 6. The molecule has 0 aliphatic carbocycles.